The van der Waals surface area contributed by atoms with Crippen molar-refractivity contribution in [2.24, 2.45) is 0 Å². The van der Waals surface area contributed by atoms with Crippen molar-refractivity contribution in [3.63, 3.8) is 0 Å². The highest BCUT2D eigenvalue weighted by Crippen LogP contribution is 2.51. The fourth-order valence-electron chi connectivity index (χ4n) is 4.03. The molecule has 0 aliphatic carbocycles. The maximum atomic E-state index is 12.8. The van der Waals surface area contributed by atoms with E-state index in [1.54, 1.807) is 6.07 Å². The molecule has 1 aliphatic rings. The quantitative estimate of drug-likeness (QED) is 0.405. The molecule has 0 atom stereocenters. The van der Waals surface area contributed by atoms with E-state index in [1.165, 1.54) is 18.6 Å². The molecule has 1 aliphatic heterocycles. The summed E-state index contributed by atoms with van der Waals surface area (Å²) in [4.78, 5) is 28.4. The number of aromatic nitrogens is 3. The molecule has 2 aromatic carbocycles. The molecule has 3 N–H and O–H groups in total. The number of rotatable bonds is 3. The molecule has 168 valence electrons. The van der Waals surface area contributed by atoms with Gasteiger partial charge in [0.05, 0.1) is 28.0 Å². The van der Waals surface area contributed by atoms with Crippen molar-refractivity contribution in [3.8, 4) is 0 Å². The van der Waals surface area contributed by atoms with E-state index in [-0.39, 0.29) is 17.4 Å². The molecule has 0 bridgehead atoms. The topological polar surface area (TPSA) is 111 Å². The van der Waals surface area contributed by atoms with Gasteiger partial charge in [-0.2, -0.15) is 10.6 Å². The van der Waals surface area contributed by atoms with Gasteiger partial charge >= 0.3 is 0 Å². The normalized spacial score (nSPS) is 16.0. The van der Waals surface area contributed by atoms with Crippen molar-refractivity contribution in [2.45, 2.75) is 18.4 Å². The molecular weight excluding hydrogens is 438 g/mol. The van der Waals surface area contributed by atoms with E-state index in [2.05, 4.69) is 15.3 Å². The van der Waals surface area contributed by atoms with Crippen molar-refractivity contribution >= 4 is 38.9 Å². The van der Waals surface area contributed by atoms with Crippen molar-refractivity contribution < 1.29 is 13.9 Å². The molecule has 4 aromatic rings. The molecule has 0 unspecified atom stereocenters. The second kappa shape index (κ2) is 8.43. The Kier molecular flexibility index (Phi) is 5.45. The summed E-state index contributed by atoms with van der Waals surface area (Å²) in [5.74, 6) is 0.496. The third kappa shape index (κ3) is 4.13. The Hall–Kier alpha value is -3.53. The zero-order valence-corrected chi connectivity index (χ0v) is 18.8. The number of nitrogens with zero attached hydrogens (tertiary/aromatic N) is 4. The van der Waals surface area contributed by atoms with Crippen molar-refractivity contribution in [1.82, 2.24) is 15.0 Å². The number of pyridine rings is 1. The van der Waals surface area contributed by atoms with Gasteiger partial charge in [0, 0.05) is 36.9 Å². The summed E-state index contributed by atoms with van der Waals surface area (Å²) in [6, 6.07) is 15.0. The van der Waals surface area contributed by atoms with Crippen LogP contribution in [0.4, 0.5) is 11.5 Å². The minimum atomic E-state index is -2.89. The third-order valence-corrected chi connectivity index (χ3v) is 7.58. The molecule has 0 radical (unpaired) electrons. The summed E-state index contributed by atoms with van der Waals surface area (Å²) in [7, 11) is -2.89. The van der Waals surface area contributed by atoms with Gasteiger partial charge in [-0.1, -0.05) is 36.4 Å². The van der Waals surface area contributed by atoms with E-state index in [0.29, 0.717) is 29.5 Å². The van der Waals surface area contributed by atoms with E-state index >= 15 is 0 Å². The Morgan fingerprint density at radius 1 is 1.12 bits per heavy atom. The molecule has 0 spiro atoms. The van der Waals surface area contributed by atoms with E-state index < -0.39 is 10.6 Å². The second-order valence-corrected chi connectivity index (χ2v) is 10.1. The Bertz CT molecular complexity index is 1350. The Morgan fingerprint density at radius 2 is 1.97 bits per heavy atom. The maximum Gasteiger partial charge on any atom is 0.275 e. The first-order valence-corrected chi connectivity index (χ1v) is 12.2. The summed E-state index contributed by atoms with van der Waals surface area (Å²) in [6.45, 7) is 2.87. The first-order valence-electron chi connectivity index (χ1n) is 10.5. The number of benzene rings is 2. The molecule has 0 saturated carbocycles. The van der Waals surface area contributed by atoms with Crippen LogP contribution in [-0.2, 0) is 6.54 Å². The molecule has 0 fully saturated rings. The standard InChI is InChI=1S/C24H23N5O3S/c1-16-5-4-7-18-19(27-24(30)20-14-25-9-10-26-20)13-22(28-23(16)18)29-11-12-33(31,32)21-8-3-2-6-17(21)15-29/h2-10,13-14,31-32H,11-12,15H2,1H3,(H,27,28,30). The number of carbonyl (C=O) groups excluding carboxylic acids is 1. The summed E-state index contributed by atoms with van der Waals surface area (Å²) in [5, 5.41) is 3.77. The molecule has 0 saturated heterocycles. The van der Waals surface area contributed by atoms with Gasteiger partial charge in [0.25, 0.3) is 5.91 Å². The van der Waals surface area contributed by atoms with Crippen LogP contribution < -0.4 is 10.2 Å². The number of para-hydroxylation sites is 1. The third-order valence-electron chi connectivity index (χ3n) is 5.73. The van der Waals surface area contributed by atoms with Gasteiger partial charge in [-0.3, -0.25) is 18.9 Å². The summed E-state index contributed by atoms with van der Waals surface area (Å²) in [5.41, 5.74) is 3.43. The van der Waals surface area contributed by atoms with Crippen molar-refractivity contribution in [2.75, 3.05) is 22.5 Å². The number of fused-ring (bicyclic) bond motifs is 2. The molecule has 3 heterocycles. The minimum absolute atomic E-state index is 0.207. The summed E-state index contributed by atoms with van der Waals surface area (Å²) in [6.07, 6.45) is 4.41. The fourth-order valence-corrected chi connectivity index (χ4v) is 5.57. The van der Waals surface area contributed by atoms with Gasteiger partial charge < -0.3 is 10.2 Å². The molecule has 5 rings (SSSR count). The molecule has 9 heteroatoms. The predicted molar refractivity (Wildman–Crippen MR) is 130 cm³/mol. The average Bonchev–Trinajstić information content (AvgIpc) is 2.96. The number of hydrogen-bond donors (Lipinski definition) is 3. The molecule has 2 aromatic heterocycles. The number of amides is 1. The van der Waals surface area contributed by atoms with Gasteiger partial charge in [-0.25, -0.2) is 9.97 Å². The van der Waals surface area contributed by atoms with Gasteiger partial charge in [-0.05, 0) is 24.1 Å². The minimum Gasteiger partial charge on any atom is -0.351 e. The van der Waals surface area contributed by atoms with Crippen LogP contribution in [0.3, 0.4) is 0 Å². The lowest BCUT2D eigenvalue weighted by atomic mass is 10.1. The molecule has 33 heavy (non-hydrogen) atoms. The van der Waals surface area contributed by atoms with E-state index in [9.17, 15) is 13.9 Å². The van der Waals surface area contributed by atoms with Gasteiger partial charge in [0.15, 0.2) is 0 Å². The summed E-state index contributed by atoms with van der Waals surface area (Å²) < 4.78 is 21.4. The zero-order chi connectivity index (χ0) is 23.0. The van der Waals surface area contributed by atoms with Crippen molar-refractivity contribution in [3.05, 3.63) is 83.9 Å². The van der Waals surface area contributed by atoms with Crippen LogP contribution in [0, 0.1) is 6.92 Å². The SMILES string of the molecule is Cc1cccc2c(NC(=O)c3cnccn3)cc(N3CCS(O)(O)c4ccccc4C3)nc12. The smallest absolute Gasteiger partial charge is 0.275 e. The highest BCUT2D eigenvalue weighted by Gasteiger charge is 2.27. The van der Waals surface area contributed by atoms with E-state index in [4.69, 9.17) is 4.98 Å². The van der Waals surface area contributed by atoms with Gasteiger partial charge in [-0.15, -0.1) is 0 Å². The number of anilines is 2. The first-order chi connectivity index (χ1) is 15.9. The zero-order valence-electron chi connectivity index (χ0n) is 18.0. The van der Waals surface area contributed by atoms with Crippen LogP contribution in [0.2, 0.25) is 0 Å². The van der Waals surface area contributed by atoms with E-state index in [1.807, 2.05) is 54.3 Å². The molecule has 1 amide bonds. The van der Waals surface area contributed by atoms with Gasteiger partial charge in [0.2, 0.25) is 0 Å². The highest BCUT2D eigenvalue weighted by molar-refractivity contribution is 8.24. The maximum absolute atomic E-state index is 12.8. The number of aryl methyl sites for hydroxylation is 1. The number of hydrogen-bond acceptors (Lipinski definition) is 7. The molecule has 8 nitrogen and oxygen atoms in total. The fraction of sp³-hybridized carbons (Fsp3) is 0.167. The lowest BCUT2D eigenvalue weighted by Gasteiger charge is -2.32. The Labute approximate surface area is 192 Å². The van der Waals surface area contributed by atoms with Crippen LogP contribution in [0.5, 0.6) is 0 Å². The van der Waals surface area contributed by atoms with E-state index in [0.717, 1.165) is 22.0 Å². The Balaban J connectivity index is 1.58. The second-order valence-electron chi connectivity index (χ2n) is 7.94. The predicted octanol–water partition coefficient (Wildman–Crippen LogP) is 4.72. The number of carbonyl (C=O) groups is 1. The average molecular weight is 462 g/mol. The highest BCUT2D eigenvalue weighted by atomic mass is 32.3. The largest absolute Gasteiger partial charge is 0.351 e. The monoisotopic (exact) mass is 461 g/mol. The van der Waals surface area contributed by atoms with Crippen LogP contribution in [0.1, 0.15) is 21.6 Å². The number of nitrogens with one attached hydrogen (secondary N) is 1. The van der Waals surface area contributed by atoms with Gasteiger partial charge in [0.1, 0.15) is 11.5 Å². The lowest BCUT2D eigenvalue weighted by Crippen LogP contribution is -2.26. The van der Waals surface area contributed by atoms with Crippen LogP contribution in [0.25, 0.3) is 10.9 Å². The van der Waals surface area contributed by atoms with Crippen LogP contribution >= 0.6 is 10.6 Å². The van der Waals surface area contributed by atoms with Crippen LogP contribution in [0.15, 0.2) is 72.0 Å². The van der Waals surface area contributed by atoms with Crippen LogP contribution in [-0.4, -0.2) is 42.3 Å². The Morgan fingerprint density at radius 3 is 2.79 bits per heavy atom. The summed E-state index contributed by atoms with van der Waals surface area (Å²) >= 11 is 0. The molecular formula is C24H23N5O3S. The lowest BCUT2D eigenvalue weighted by molar-refractivity contribution is 0.102. The van der Waals surface area contributed by atoms with Crippen molar-refractivity contribution in [1.29, 1.82) is 0 Å². The first kappa shape index (κ1) is 21.3.